The average molecular weight is 390 g/mol. The van der Waals surface area contributed by atoms with Crippen LogP contribution in [-0.4, -0.2) is 45.9 Å². The van der Waals surface area contributed by atoms with Gasteiger partial charge in [-0.15, -0.1) is 5.10 Å². The third kappa shape index (κ3) is 5.09. The molecule has 0 atom stereocenters. The van der Waals surface area contributed by atoms with E-state index >= 15 is 0 Å². The Labute approximate surface area is 161 Å². The summed E-state index contributed by atoms with van der Waals surface area (Å²) >= 11 is 1.13. The van der Waals surface area contributed by atoms with Crippen LogP contribution in [0.2, 0.25) is 0 Å². The van der Waals surface area contributed by atoms with Crippen LogP contribution in [0.15, 0.2) is 24.3 Å². The lowest BCUT2D eigenvalue weighted by Crippen LogP contribution is -2.41. The van der Waals surface area contributed by atoms with Crippen LogP contribution in [-0.2, 0) is 11.2 Å². The number of rotatable bonds is 6. The molecule has 8 heteroatoms. The van der Waals surface area contributed by atoms with Gasteiger partial charge in [-0.05, 0) is 55.3 Å². The van der Waals surface area contributed by atoms with Gasteiger partial charge in [0.1, 0.15) is 10.7 Å². The van der Waals surface area contributed by atoms with E-state index in [0.717, 1.165) is 24.4 Å². The highest BCUT2D eigenvalue weighted by molar-refractivity contribution is 7.07. The summed E-state index contributed by atoms with van der Waals surface area (Å²) in [6.45, 7) is 3.73. The maximum atomic E-state index is 13.6. The van der Waals surface area contributed by atoms with Crippen LogP contribution in [0.4, 0.5) is 4.39 Å². The fraction of sp³-hybridized carbons (Fsp3) is 0.474. The maximum Gasteiger partial charge on any atom is 0.267 e. The van der Waals surface area contributed by atoms with Gasteiger partial charge in [0, 0.05) is 26.1 Å². The van der Waals surface area contributed by atoms with E-state index in [1.807, 2.05) is 4.90 Å². The Morgan fingerprint density at radius 3 is 2.70 bits per heavy atom. The molecule has 1 aliphatic rings. The van der Waals surface area contributed by atoms with Crippen LogP contribution in [0.1, 0.15) is 40.2 Å². The Hall–Kier alpha value is -2.35. The molecule has 0 spiro atoms. The molecule has 3 rings (SSSR count). The molecule has 2 amide bonds. The topological polar surface area (TPSA) is 75.2 Å². The monoisotopic (exact) mass is 390 g/mol. The number of amides is 2. The molecule has 144 valence electrons. The average Bonchev–Trinajstić information content (AvgIpc) is 3.11. The molecule has 0 radical (unpaired) electrons. The number of piperidine rings is 1. The number of carbonyl (C=O) groups excluding carboxylic acids is 2. The van der Waals surface area contributed by atoms with Gasteiger partial charge in [0.2, 0.25) is 5.91 Å². The number of likely N-dealkylation sites (tertiary alicyclic amines) is 1. The third-order valence-electron chi connectivity index (χ3n) is 4.91. The minimum absolute atomic E-state index is 0.00475. The van der Waals surface area contributed by atoms with Gasteiger partial charge in [-0.3, -0.25) is 9.59 Å². The zero-order chi connectivity index (χ0) is 19.2. The minimum Gasteiger partial charge on any atom is -0.356 e. The van der Waals surface area contributed by atoms with E-state index in [9.17, 15) is 14.0 Å². The van der Waals surface area contributed by atoms with E-state index in [2.05, 4.69) is 14.9 Å². The summed E-state index contributed by atoms with van der Waals surface area (Å²) in [6, 6.07) is 6.53. The summed E-state index contributed by atoms with van der Waals surface area (Å²) in [5.41, 5.74) is 1.24. The van der Waals surface area contributed by atoms with Crippen molar-refractivity contribution in [3.8, 4) is 0 Å². The summed E-state index contributed by atoms with van der Waals surface area (Å²) < 4.78 is 17.4. The lowest BCUT2D eigenvalue weighted by atomic mass is 9.96. The highest BCUT2D eigenvalue weighted by atomic mass is 32.1. The van der Waals surface area contributed by atoms with E-state index in [-0.39, 0.29) is 24.1 Å². The minimum atomic E-state index is -0.270. The van der Waals surface area contributed by atoms with Crippen LogP contribution in [0.5, 0.6) is 0 Å². The van der Waals surface area contributed by atoms with Crippen LogP contribution >= 0.6 is 11.5 Å². The van der Waals surface area contributed by atoms with Crippen molar-refractivity contribution in [2.24, 2.45) is 5.92 Å². The summed E-state index contributed by atoms with van der Waals surface area (Å²) in [4.78, 5) is 26.9. The molecule has 2 aromatic rings. The fourth-order valence-electron chi connectivity index (χ4n) is 3.21. The van der Waals surface area contributed by atoms with Crippen LogP contribution in [0.25, 0.3) is 0 Å². The Balaban J connectivity index is 1.38. The van der Waals surface area contributed by atoms with Gasteiger partial charge < -0.3 is 10.2 Å². The molecule has 1 fully saturated rings. The van der Waals surface area contributed by atoms with Gasteiger partial charge in [-0.1, -0.05) is 22.7 Å². The first kappa shape index (κ1) is 19.4. The van der Waals surface area contributed by atoms with Gasteiger partial charge >= 0.3 is 0 Å². The van der Waals surface area contributed by atoms with E-state index in [1.165, 1.54) is 6.07 Å². The third-order valence-corrected chi connectivity index (χ3v) is 5.73. The zero-order valence-corrected chi connectivity index (χ0v) is 16.1. The van der Waals surface area contributed by atoms with Crippen LogP contribution in [0, 0.1) is 18.7 Å². The van der Waals surface area contributed by atoms with Crippen LogP contribution in [0.3, 0.4) is 0 Å². The first-order chi connectivity index (χ1) is 13.0. The van der Waals surface area contributed by atoms with Crippen molar-refractivity contribution < 1.29 is 14.0 Å². The van der Waals surface area contributed by atoms with Gasteiger partial charge in [0.25, 0.3) is 5.91 Å². The van der Waals surface area contributed by atoms with Crippen molar-refractivity contribution in [3.05, 3.63) is 46.2 Å². The maximum absolute atomic E-state index is 13.6. The molecule has 0 aliphatic carbocycles. The Morgan fingerprint density at radius 1 is 1.30 bits per heavy atom. The molecule has 1 N–H and O–H groups in total. The fourth-order valence-corrected chi connectivity index (χ4v) is 3.83. The molecule has 27 heavy (non-hydrogen) atoms. The predicted molar refractivity (Wildman–Crippen MR) is 101 cm³/mol. The number of nitrogens with zero attached hydrogens (tertiary/aromatic N) is 3. The predicted octanol–water partition coefficient (Wildman–Crippen LogP) is 2.59. The molecule has 1 aliphatic heterocycles. The lowest BCUT2D eigenvalue weighted by molar-refractivity contribution is -0.121. The zero-order valence-electron chi connectivity index (χ0n) is 15.3. The Kier molecular flexibility index (Phi) is 6.49. The number of hydrogen-bond acceptors (Lipinski definition) is 5. The first-order valence-corrected chi connectivity index (χ1v) is 9.90. The Bertz CT molecular complexity index is 803. The molecule has 1 saturated heterocycles. The summed E-state index contributed by atoms with van der Waals surface area (Å²) in [5, 5.41) is 6.83. The number of aromatic nitrogens is 2. The first-order valence-electron chi connectivity index (χ1n) is 9.13. The Morgan fingerprint density at radius 2 is 2.04 bits per heavy atom. The SMILES string of the molecule is Cc1nnsc1C(=O)N1CCC(CNC(=O)CCc2ccccc2F)CC1. The highest BCUT2D eigenvalue weighted by Gasteiger charge is 2.26. The number of nitrogens with one attached hydrogen (secondary N) is 1. The van der Waals surface area contributed by atoms with Crippen molar-refractivity contribution >= 4 is 23.3 Å². The van der Waals surface area contributed by atoms with Crippen LogP contribution < -0.4 is 5.32 Å². The number of aryl methyl sites for hydroxylation is 2. The second kappa shape index (κ2) is 9.03. The molecule has 6 nitrogen and oxygen atoms in total. The number of halogens is 1. The largest absolute Gasteiger partial charge is 0.356 e. The van der Waals surface area contributed by atoms with Crippen molar-refractivity contribution in [3.63, 3.8) is 0 Å². The van der Waals surface area contributed by atoms with E-state index in [4.69, 9.17) is 0 Å². The standard InChI is InChI=1S/C19H23FN4O2S/c1-13-18(27-23-22-13)19(26)24-10-8-14(9-11-24)12-21-17(25)7-6-15-4-2-3-5-16(15)20/h2-5,14H,6-12H2,1H3,(H,21,25). The molecule has 2 heterocycles. The van der Waals surface area contributed by atoms with Gasteiger partial charge in [-0.2, -0.15) is 0 Å². The molecular formula is C19H23FN4O2S. The molecule has 0 unspecified atom stereocenters. The normalized spacial score (nSPS) is 15.0. The summed E-state index contributed by atoms with van der Waals surface area (Å²) in [7, 11) is 0. The quantitative estimate of drug-likeness (QED) is 0.823. The lowest BCUT2D eigenvalue weighted by Gasteiger charge is -2.31. The number of benzene rings is 1. The molecule has 1 aromatic carbocycles. The van der Waals surface area contributed by atoms with Crippen molar-refractivity contribution in [2.75, 3.05) is 19.6 Å². The van der Waals surface area contributed by atoms with Crippen molar-refractivity contribution in [2.45, 2.75) is 32.6 Å². The second-order valence-electron chi connectivity index (χ2n) is 6.82. The van der Waals surface area contributed by atoms with Gasteiger partial charge in [0.05, 0.1) is 5.69 Å². The van der Waals surface area contributed by atoms with E-state index in [1.54, 1.807) is 25.1 Å². The number of hydrogen-bond donors (Lipinski definition) is 1. The smallest absolute Gasteiger partial charge is 0.267 e. The molecule has 1 aromatic heterocycles. The second-order valence-corrected chi connectivity index (χ2v) is 7.57. The number of carbonyl (C=O) groups is 2. The van der Waals surface area contributed by atoms with Crippen molar-refractivity contribution in [1.82, 2.24) is 19.8 Å². The summed E-state index contributed by atoms with van der Waals surface area (Å²) in [5.74, 6) is 0.0128. The van der Waals surface area contributed by atoms with E-state index < -0.39 is 0 Å². The van der Waals surface area contributed by atoms with Crippen molar-refractivity contribution in [1.29, 1.82) is 0 Å². The summed E-state index contributed by atoms with van der Waals surface area (Å²) in [6.07, 6.45) is 2.37. The molecule has 0 saturated carbocycles. The molecular weight excluding hydrogens is 367 g/mol. The highest BCUT2D eigenvalue weighted by Crippen LogP contribution is 2.20. The van der Waals surface area contributed by atoms with Gasteiger partial charge in [-0.25, -0.2) is 4.39 Å². The van der Waals surface area contributed by atoms with Gasteiger partial charge in [0.15, 0.2) is 0 Å². The molecule has 0 bridgehead atoms. The van der Waals surface area contributed by atoms with E-state index in [0.29, 0.717) is 48.1 Å².